The molecule has 0 fully saturated rings. The van der Waals surface area contributed by atoms with Crippen LogP contribution in [-0.2, 0) is 4.79 Å². The molecule has 158 valence electrons. The van der Waals surface area contributed by atoms with Gasteiger partial charge < -0.3 is 25.2 Å². The van der Waals surface area contributed by atoms with E-state index >= 15 is 0 Å². The number of nitrogens with one attached hydrogen (secondary N) is 3. The number of likely N-dealkylation sites (N-methyl/N-ethyl adjacent to an activating group) is 2. The lowest BCUT2D eigenvalue weighted by molar-refractivity contribution is -0.111. The van der Waals surface area contributed by atoms with E-state index in [2.05, 4.69) is 37.2 Å². The molecule has 1 aromatic heterocycles. The standard InChI is InChI=1S/C22H28N6O2/c1-6-21(29)23-17-13-18(24-22-15-9-7-8-10-16(15)25-26-22)20(30-5)14-19(17)28(4)12-11-27(2)3/h6-10,13-14H,1,11-12H2,2-5H3,(H,23,29)(H2,24,25,26). The maximum atomic E-state index is 12.1. The second-order valence-electron chi connectivity index (χ2n) is 7.23. The van der Waals surface area contributed by atoms with Gasteiger partial charge in [-0.05, 0) is 38.4 Å². The third-order valence-electron chi connectivity index (χ3n) is 4.78. The van der Waals surface area contributed by atoms with Crippen molar-refractivity contribution in [1.82, 2.24) is 15.1 Å². The van der Waals surface area contributed by atoms with Crippen molar-refractivity contribution in [2.45, 2.75) is 0 Å². The lowest BCUT2D eigenvalue weighted by Gasteiger charge is -2.26. The number of carbonyl (C=O) groups excluding carboxylic acids is 1. The molecule has 0 aliphatic rings. The van der Waals surface area contributed by atoms with Crippen molar-refractivity contribution in [3.05, 3.63) is 49.1 Å². The molecular weight excluding hydrogens is 380 g/mol. The van der Waals surface area contributed by atoms with Crippen LogP contribution < -0.4 is 20.3 Å². The first kappa shape index (κ1) is 21.2. The number of aromatic amines is 1. The van der Waals surface area contributed by atoms with Crippen molar-refractivity contribution in [3.8, 4) is 5.75 Å². The quantitative estimate of drug-likeness (QED) is 0.470. The van der Waals surface area contributed by atoms with E-state index in [0.717, 1.165) is 29.7 Å². The minimum Gasteiger partial charge on any atom is -0.494 e. The number of nitrogens with zero attached hydrogens (tertiary/aromatic N) is 3. The molecule has 0 unspecified atom stereocenters. The monoisotopic (exact) mass is 408 g/mol. The van der Waals surface area contributed by atoms with Crippen LogP contribution in [0.3, 0.4) is 0 Å². The number of carbonyl (C=O) groups is 1. The van der Waals surface area contributed by atoms with E-state index in [4.69, 9.17) is 4.74 Å². The van der Waals surface area contributed by atoms with Crippen LogP contribution in [0.4, 0.5) is 22.9 Å². The predicted octanol–water partition coefficient (Wildman–Crippen LogP) is 3.44. The highest BCUT2D eigenvalue weighted by atomic mass is 16.5. The summed E-state index contributed by atoms with van der Waals surface area (Å²) in [5.41, 5.74) is 3.13. The van der Waals surface area contributed by atoms with E-state index in [1.165, 1.54) is 6.08 Å². The molecule has 0 saturated carbocycles. The lowest BCUT2D eigenvalue weighted by Crippen LogP contribution is -2.29. The fourth-order valence-electron chi connectivity index (χ4n) is 3.09. The smallest absolute Gasteiger partial charge is 0.247 e. The summed E-state index contributed by atoms with van der Waals surface area (Å²) in [6, 6.07) is 11.6. The van der Waals surface area contributed by atoms with Gasteiger partial charge in [-0.2, -0.15) is 5.10 Å². The number of ether oxygens (including phenoxy) is 1. The number of methoxy groups -OCH3 is 1. The molecule has 0 spiro atoms. The first-order chi connectivity index (χ1) is 14.4. The summed E-state index contributed by atoms with van der Waals surface area (Å²) in [6.45, 7) is 5.20. The second kappa shape index (κ2) is 9.32. The zero-order valence-electron chi connectivity index (χ0n) is 17.8. The number of hydrogen-bond donors (Lipinski definition) is 3. The van der Waals surface area contributed by atoms with Crippen LogP contribution >= 0.6 is 0 Å². The number of H-pyrrole nitrogens is 1. The maximum Gasteiger partial charge on any atom is 0.247 e. The summed E-state index contributed by atoms with van der Waals surface area (Å²) in [6.07, 6.45) is 1.25. The highest BCUT2D eigenvalue weighted by Gasteiger charge is 2.17. The van der Waals surface area contributed by atoms with Crippen molar-refractivity contribution < 1.29 is 9.53 Å². The average Bonchev–Trinajstić information content (AvgIpc) is 3.15. The van der Waals surface area contributed by atoms with Gasteiger partial charge in [0.05, 0.1) is 29.7 Å². The Balaban J connectivity index is 2.01. The van der Waals surface area contributed by atoms with Gasteiger partial charge in [-0.15, -0.1) is 0 Å². The third kappa shape index (κ3) is 4.72. The summed E-state index contributed by atoms with van der Waals surface area (Å²) in [7, 11) is 7.65. The summed E-state index contributed by atoms with van der Waals surface area (Å²) < 4.78 is 5.64. The van der Waals surface area contributed by atoms with Gasteiger partial charge in [-0.1, -0.05) is 18.7 Å². The molecule has 0 radical (unpaired) electrons. The van der Waals surface area contributed by atoms with Crippen LogP contribution in [0.15, 0.2) is 49.1 Å². The van der Waals surface area contributed by atoms with E-state index in [0.29, 0.717) is 22.9 Å². The van der Waals surface area contributed by atoms with Crippen LogP contribution in [0.2, 0.25) is 0 Å². The lowest BCUT2D eigenvalue weighted by atomic mass is 10.2. The number of para-hydroxylation sites is 1. The summed E-state index contributed by atoms with van der Waals surface area (Å²) in [4.78, 5) is 16.2. The first-order valence-corrected chi connectivity index (χ1v) is 9.64. The number of aromatic nitrogens is 2. The third-order valence-corrected chi connectivity index (χ3v) is 4.78. The van der Waals surface area contributed by atoms with Crippen LogP contribution in [-0.4, -0.2) is 62.3 Å². The second-order valence-corrected chi connectivity index (χ2v) is 7.23. The van der Waals surface area contributed by atoms with E-state index in [9.17, 15) is 4.79 Å². The topological polar surface area (TPSA) is 85.5 Å². The molecule has 30 heavy (non-hydrogen) atoms. The van der Waals surface area contributed by atoms with Crippen LogP contribution in [0.5, 0.6) is 5.75 Å². The Kier molecular flexibility index (Phi) is 6.58. The molecule has 8 nitrogen and oxygen atoms in total. The molecule has 0 saturated heterocycles. The number of hydrogen-bond acceptors (Lipinski definition) is 6. The van der Waals surface area contributed by atoms with Gasteiger partial charge in [0.15, 0.2) is 5.82 Å². The fraction of sp³-hybridized carbons (Fsp3) is 0.273. The molecule has 1 amide bonds. The zero-order chi connectivity index (χ0) is 21.7. The SMILES string of the molecule is C=CC(=O)Nc1cc(Nc2n[nH]c3ccccc23)c(OC)cc1N(C)CCN(C)C. The molecule has 3 N–H and O–H groups in total. The summed E-state index contributed by atoms with van der Waals surface area (Å²) >= 11 is 0. The molecule has 3 aromatic rings. The Morgan fingerprint density at radius 2 is 1.97 bits per heavy atom. The summed E-state index contributed by atoms with van der Waals surface area (Å²) in [5.74, 6) is 1.04. The molecule has 1 heterocycles. The Hall–Kier alpha value is -3.52. The number of fused-ring (bicyclic) bond motifs is 1. The van der Waals surface area contributed by atoms with Gasteiger partial charge in [-0.25, -0.2) is 0 Å². The van der Waals surface area contributed by atoms with Crippen LogP contribution in [0, 0.1) is 0 Å². The van der Waals surface area contributed by atoms with Crippen molar-refractivity contribution in [1.29, 1.82) is 0 Å². The van der Waals surface area contributed by atoms with Crippen LogP contribution in [0.25, 0.3) is 10.9 Å². The number of anilines is 4. The molecule has 0 aliphatic carbocycles. The predicted molar refractivity (Wildman–Crippen MR) is 123 cm³/mol. The van der Waals surface area contributed by atoms with Crippen molar-refractivity contribution in [3.63, 3.8) is 0 Å². The molecule has 0 aliphatic heterocycles. The number of benzene rings is 2. The Labute approximate surface area is 176 Å². The minimum atomic E-state index is -0.279. The molecule has 8 heteroatoms. The molecule has 2 aromatic carbocycles. The molecule has 0 atom stereocenters. The van der Waals surface area contributed by atoms with Crippen molar-refractivity contribution in [2.24, 2.45) is 0 Å². The average molecular weight is 409 g/mol. The van der Waals surface area contributed by atoms with Crippen molar-refractivity contribution >= 4 is 39.7 Å². The largest absolute Gasteiger partial charge is 0.494 e. The van der Waals surface area contributed by atoms with Gasteiger partial charge in [0.1, 0.15) is 5.75 Å². The molecule has 0 bridgehead atoms. The highest BCUT2D eigenvalue weighted by molar-refractivity contribution is 6.02. The Morgan fingerprint density at radius 1 is 1.20 bits per heavy atom. The maximum absolute atomic E-state index is 12.1. The zero-order valence-corrected chi connectivity index (χ0v) is 17.8. The van der Waals surface area contributed by atoms with E-state index in [-0.39, 0.29) is 5.91 Å². The van der Waals surface area contributed by atoms with Crippen molar-refractivity contribution in [2.75, 3.05) is 56.9 Å². The van der Waals surface area contributed by atoms with E-state index in [1.54, 1.807) is 7.11 Å². The van der Waals surface area contributed by atoms with Crippen LogP contribution in [0.1, 0.15) is 0 Å². The number of amides is 1. The fourth-order valence-corrected chi connectivity index (χ4v) is 3.09. The molecular formula is C22H28N6O2. The molecule has 3 rings (SSSR count). The Morgan fingerprint density at radius 3 is 2.67 bits per heavy atom. The first-order valence-electron chi connectivity index (χ1n) is 9.64. The number of rotatable bonds is 9. The minimum absolute atomic E-state index is 0.279. The summed E-state index contributed by atoms with van der Waals surface area (Å²) in [5, 5.41) is 14.6. The van der Waals surface area contributed by atoms with Gasteiger partial charge in [0, 0.05) is 31.6 Å². The van der Waals surface area contributed by atoms with Gasteiger partial charge in [-0.3, -0.25) is 9.89 Å². The van der Waals surface area contributed by atoms with E-state index in [1.807, 2.05) is 57.5 Å². The van der Waals surface area contributed by atoms with Gasteiger partial charge >= 0.3 is 0 Å². The highest BCUT2D eigenvalue weighted by Crippen LogP contribution is 2.38. The normalized spacial score (nSPS) is 10.8. The van der Waals surface area contributed by atoms with E-state index < -0.39 is 0 Å². The van der Waals surface area contributed by atoms with Gasteiger partial charge in [0.2, 0.25) is 5.91 Å². The Bertz CT molecular complexity index is 1040. The van der Waals surface area contributed by atoms with Gasteiger partial charge in [0.25, 0.3) is 0 Å².